The lowest BCUT2D eigenvalue weighted by Crippen LogP contribution is -2.46. The largest absolute Gasteiger partial charge is 0.457 e. The normalized spacial score (nSPS) is 17.1. The maximum absolute atomic E-state index is 13.6. The second-order valence-electron chi connectivity index (χ2n) is 8.08. The Morgan fingerprint density at radius 1 is 1.03 bits per heavy atom. The molecule has 0 saturated carbocycles. The average molecular weight is 474 g/mol. The highest BCUT2D eigenvalue weighted by atomic mass is 16.6. The van der Waals surface area contributed by atoms with Crippen molar-refractivity contribution in [3.05, 3.63) is 96.1 Å². The number of aliphatic hydroxyl groups excluding tert-OH is 1. The van der Waals surface area contributed by atoms with Crippen LogP contribution in [-0.4, -0.2) is 53.8 Å². The first-order chi connectivity index (χ1) is 17.1. The summed E-state index contributed by atoms with van der Waals surface area (Å²) in [7, 11) is 1.42. The van der Waals surface area contributed by atoms with Gasteiger partial charge in [0.25, 0.3) is 5.91 Å². The van der Waals surface area contributed by atoms with Crippen molar-refractivity contribution >= 4 is 17.5 Å². The average Bonchev–Trinajstić information content (AvgIpc) is 3.32. The second kappa shape index (κ2) is 11.3. The molecule has 35 heavy (non-hydrogen) atoms. The van der Waals surface area contributed by atoms with E-state index >= 15 is 0 Å². The maximum Gasteiger partial charge on any atom is 0.258 e. The molecule has 180 valence electrons. The minimum Gasteiger partial charge on any atom is -0.457 e. The van der Waals surface area contributed by atoms with Crippen LogP contribution in [0.2, 0.25) is 0 Å². The monoisotopic (exact) mass is 473 g/mol. The summed E-state index contributed by atoms with van der Waals surface area (Å²) in [5.41, 5.74) is 1.60. The van der Waals surface area contributed by atoms with Gasteiger partial charge < -0.3 is 24.9 Å². The van der Waals surface area contributed by atoms with Gasteiger partial charge in [0.05, 0.1) is 23.9 Å². The van der Waals surface area contributed by atoms with E-state index in [-0.39, 0.29) is 31.3 Å². The van der Waals surface area contributed by atoms with Crippen molar-refractivity contribution < 1.29 is 24.3 Å². The van der Waals surface area contributed by atoms with Gasteiger partial charge in [0.1, 0.15) is 24.7 Å². The van der Waals surface area contributed by atoms with Crippen molar-refractivity contribution in [3.63, 3.8) is 0 Å². The van der Waals surface area contributed by atoms with Gasteiger partial charge in [-0.1, -0.05) is 65.8 Å². The van der Waals surface area contributed by atoms with E-state index in [1.54, 1.807) is 48.5 Å². The predicted octanol–water partition coefficient (Wildman–Crippen LogP) is 3.55. The summed E-state index contributed by atoms with van der Waals surface area (Å²) in [6.07, 6.45) is -0.632. The van der Waals surface area contributed by atoms with Gasteiger partial charge in [-0.3, -0.25) is 9.59 Å². The fourth-order valence-corrected chi connectivity index (χ4v) is 3.96. The Kier molecular flexibility index (Phi) is 7.74. The van der Waals surface area contributed by atoms with Crippen LogP contribution in [0, 0.1) is 0 Å². The van der Waals surface area contributed by atoms with Gasteiger partial charge in [0, 0.05) is 13.0 Å². The Morgan fingerprint density at radius 2 is 1.69 bits per heavy atom. The molecule has 3 aromatic carbocycles. The molecule has 1 heterocycles. The molecule has 1 unspecified atom stereocenters. The number of para-hydroxylation sites is 2. The number of nitrogens with one attached hydrogen (secondary N) is 1. The molecular formula is C27H27N3O5. The number of ether oxygens (including phenoxy) is 1. The van der Waals surface area contributed by atoms with Crippen LogP contribution in [-0.2, 0) is 9.63 Å². The minimum absolute atomic E-state index is 0.0197. The Hall–Kier alpha value is -4.17. The second-order valence-corrected chi connectivity index (χ2v) is 8.08. The molecular weight excluding hydrogens is 446 g/mol. The van der Waals surface area contributed by atoms with Crippen molar-refractivity contribution in [2.45, 2.75) is 18.6 Å². The zero-order chi connectivity index (χ0) is 24.6. The smallest absolute Gasteiger partial charge is 0.258 e. The molecule has 0 radical (unpaired) electrons. The van der Waals surface area contributed by atoms with Crippen molar-refractivity contribution in [2.24, 2.45) is 5.16 Å². The Labute approximate surface area is 203 Å². The molecule has 1 fully saturated rings. The van der Waals surface area contributed by atoms with Gasteiger partial charge >= 0.3 is 0 Å². The summed E-state index contributed by atoms with van der Waals surface area (Å²) in [5, 5.41) is 17.2. The van der Waals surface area contributed by atoms with E-state index in [2.05, 4.69) is 10.5 Å². The van der Waals surface area contributed by atoms with Crippen molar-refractivity contribution in [3.8, 4) is 11.5 Å². The van der Waals surface area contributed by atoms with Crippen LogP contribution < -0.4 is 10.1 Å². The van der Waals surface area contributed by atoms with E-state index < -0.39 is 12.1 Å². The van der Waals surface area contributed by atoms with E-state index in [1.807, 2.05) is 36.4 Å². The third-order valence-corrected chi connectivity index (χ3v) is 5.68. The zero-order valence-electron chi connectivity index (χ0n) is 19.3. The Bertz CT molecular complexity index is 1180. The molecule has 1 saturated heterocycles. The van der Waals surface area contributed by atoms with E-state index in [0.29, 0.717) is 28.3 Å². The highest BCUT2D eigenvalue weighted by Gasteiger charge is 2.39. The number of carbonyl (C=O) groups excluding carboxylic acids is 2. The van der Waals surface area contributed by atoms with Gasteiger partial charge in [-0.15, -0.1) is 0 Å². The van der Waals surface area contributed by atoms with Crippen LogP contribution in [0.4, 0.5) is 0 Å². The number of hydrogen-bond acceptors (Lipinski definition) is 6. The summed E-state index contributed by atoms with van der Waals surface area (Å²) < 4.78 is 5.95. The van der Waals surface area contributed by atoms with E-state index in [9.17, 15) is 14.7 Å². The standard InChI is InChI=1S/C27H27N3O5/c1-34-29-20-16-23(26(32)28-17-24(31)19-10-4-2-5-11-19)30(18-20)27(33)22-14-8-9-15-25(22)35-21-12-6-3-7-13-21/h2-15,23-24,31H,16-18H2,1H3,(H,28,32)/t23-,24?/m0/s1. The highest BCUT2D eigenvalue weighted by molar-refractivity contribution is 6.06. The fraction of sp³-hybridized carbons (Fsp3) is 0.222. The van der Waals surface area contributed by atoms with Crippen molar-refractivity contribution in [1.82, 2.24) is 10.2 Å². The molecule has 1 aliphatic rings. The molecule has 0 bridgehead atoms. The lowest BCUT2D eigenvalue weighted by atomic mass is 10.1. The van der Waals surface area contributed by atoms with Crippen LogP contribution in [0.3, 0.4) is 0 Å². The summed E-state index contributed by atoms with van der Waals surface area (Å²) in [4.78, 5) is 33.1. The lowest BCUT2D eigenvalue weighted by molar-refractivity contribution is -0.125. The molecule has 8 nitrogen and oxygen atoms in total. The fourth-order valence-electron chi connectivity index (χ4n) is 3.96. The Balaban J connectivity index is 1.52. The molecule has 2 N–H and O–H groups in total. The van der Waals surface area contributed by atoms with E-state index in [0.717, 1.165) is 0 Å². The number of aliphatic hydroxyl groups is 1. The van der Waals surface area contributed by atoms with E-state index in [4.69, 9.17) is 9.57 Å². The first-order valence-corrected chi connectivity index (χ1v) is 11.3. The Morgan fingerprint density at radius 3 is 2.40 bits per heavy atom. The van der Waals surface area contributed by atoms with Crippen LogP contribution >= 0.6 is 0 Å². The molecule has 2 atom stereocenters. The predicted molar refractivity (Wildman–Crippen MR) is 131 cm³/mol. The van der Waals surface area contributed by atoms with Gasteiger partial charge in [-0.2, -0.15) is 0 Å². The van der Waals surface area contributed by atoms with Crippen LogP contribution in [0.1, 0.15) is 28.4 Å². The number of rotatable bonds is 8. The van der Waals surface area contributed by atoms with Gasteiger partial charge in [-0.25, -0.2) is 0 Å². The van der Waals surface area contributed by atoms with Crippen molar-refractivity contribution in [1.29, 1.82) is 0 Å². The summed E-state index contributed by atoms with van der Waals surface area (Å²) in [6, 6.07) is 24.3. The highest BCUT2D eigenvalue weighted by Crippen LogP contribution is 2.28. The van der Waals surface area contributed by atoms with Crippen LogP contribution in [0.5, 0.6) is 11.5 Å². The quantitative estimate of drug-likeness (QED) is 0.488. The van der Waals surface area contributed by atoms with Gasteiger partial charge in [0.2, 0.25) is 5.91 Å². The number of oxime groups is 1. The molecule has 0 spiro atoms. The summed E-state index contributed by atoms with van der Waals surface area (Å²) in [6.45, 7) is 0.164. The molecule has 2 amide bonds. The molecule has 4 rings (SSSR count). The molecule has 0 aromatic heterocycles. The number of hydrogen-bond donors (Lipinski definition) is 2. The van der Waals surface area contributed by atoms with Crippen LogP contribution in [0.15, 0.2) is 90.1 Å². The van der Waals surface area contributed by atoms with Crippen molar-refractivity contribution in [2.75, 3.05) is 20.2 Å². The first kappa shape index (κ1) is 24.0. The number of likely N-dealkylation sites (tertiary alicyclic amines) is 1. The topological polar surface area (TPSA) is 100 Å². The number of amides is 2. The molecule has 0 aliphatic carbocycles. The molecule has 3 aromatic rings. The van der Waals surface area contributed by atoms with Crippen LogP contribution in [0.25, 0.3) is 0 Å². The first-order valence-electron chi connectivity index (χ1n) is 11.3. The number of benzene rings is 3. The zero-order valence-corrected chi connectivity index (χ0v) is 19.3. The maximum atomic E-state index is 13.6. The third-order valence-electron chi connectivity index (χ3n) is 5.68. The van der Waals surface area contributed by atoms with Gasteiger partial charge in [0.15, 0.2) is 0 Å². The molecule has 8 heteroatoms. The van der Waals surface area contributed by atoms with Gasteiger partial charge in [-0.05, 0) is 29.8 Å². The molecule has 1 aliphatic heterocycles. The lowest BCUT2D eigenvalue weighted by Gasteiger charge is -2.25. The third kappa shape index (κ3) is 5.85. The number of carbonyl (C=O) groups is 2. The van der Waals surface area contributed by atoms with E-state index in [1.165, 1.54) is 12.0 Å². The number of nitrogens with zero attached hydrogens (tertiary/aromatic N) is 2. The SMILES string of the molecule is CON=C1C[C@@H](C(=O)NCC(O)c2ccccc2)N(C(=O)c2ccccc2Oc2ccccc2)C1. The minimum atomic E-state index is -0.863. The summed E-state index contributed by atoms with van der Waals surface area (Å²) in [5.74, 6) is 0.247. The summed E-state index contributed by atoms with van der Waals surface area (Å²) >= 11 is 0.